The van der Waals surface area contributed by atoms with Gasteiger partial charge >= 0.3 is 0 Å². The van der Waals surface area contributed by atoms with Crippen molar-refractivity contribution >= 4 is 25.0 Å². The third kappa shape index (κ3) is 5.87. The minimum absolute atomic E-state index is 0.0571. The van der Waals surface area contributed by atoms with E-state index < -0.39 is 8.32 Å². The number of hydrogen-bond acceptors (Lipinski definition) is 2. The van der Waals surface area contributed by atoms with E-state index in [0.29, 0.717) is 13.2 Å². The predicted octanol–water partition coefficient (Wildman–Crippen LogP) is 7.11. The highest BCUT2D eigenvalue weighted by Crippen LogP contribution is 2.37. The topological polar surface area (TPSA) is 29.5 Å². The SMILES string of the molecule is CN(CC(CCO[Si](C)(C)C(C)(C)C)c1ccc2ccccc2c1)C(=O)c1ccccc1. The van der Waals surface area contributed by atoms with Gasteiger partial charge in [0, 0.05) is 31.7 Å². The van der Waals surface area contributed by atoms with E-state index in [9.17, 15) is 4.79 Å². The molecule has 3 rings (SSSR count). The van der Waals surface area contributed by atoms with Crippen LogP contribution in [-0.4, -0.2) is 39.3 Å². The minimum atomic E-state index is -1.81. The van der Waals surface area contributed by atoms with Gasteiger partial charge in [0.05, 0.1) is 0 Å². The van der Waals surface area contributed by atoms with Crippen LogP contribution in [0.5, 0.6) is 0 Å². The molecule has 3 nitrogen and oxygen atoms in total. The molecular weight excluding hydrogens is 410 g/mol. The first-order chi connectivity index (χ1) is 15.1. The molecule has 0 radical (unpaired) electrons. The number of hydrogen-bond donors (Lipinski definition) is 0. The van der Waals surface area contributed by atoms with Crippen LogP contribution in [0.4, 0.5) is 0 Å². The summed E-state index contributed by atoms with van der Waals surface area (Å²) < 4.78 is 6.50. The zero-order chi connectivity index (χ0) is 23.4. The second kappa shape index (κ2) is 10.0. The Hall–Kier alpha value is -2.43. The summed E-state index contributed by atoms with van der Waals surface area (Å²) in [5.74, 6) is 0.267. The van der Waals surface area contributed by atoms with Crippen molar-refractivity contribution in [3.05, 3.63) is 83.9 Å². The number of carbonyl (C=O) groups excluding carboxylic acids is 1. The van der Waals surface area contributed by atoms with Crippen molar-refractivity contribution in [2.24, 2.45) is 0 Å². The first-order valence-corrected chi connectivity index (χ1v) is 14.4. The standard InChI is InChI=1S/C28H37NO2Si/c1-28(2,3)32(5,6)31-19-18-26(21-29(4)27(30)23-13-8-7-9-14-23)25-17-16-22-12-10-11-15-24(22)20-25/h7-17,20,26H,18-19,21H2,1-6H3. The molecule has 1 atom stereocenters. The van der Waals surface area contributed by atoms with Crippen molar-refractivity contribution in [3.63, 3.8) is 0 Å². The highest BCUT2D eigenvalue weighted by Gasteiger charge is 2.37. The maximum absolute atomic E-state index is 13.0. The normalized spacial score (nSPS) is 13.2. The molecule has 4 heteroatoms. The van der Waals surface area contributed by atoms with Crippen LogP contribution in [-0.2, 0) is 4.43 Å². The molecule has 0 spiro atoms. The first-order valence-electron chi connectivity index (χ1n) is 11.5. The second-order valence-electron chi connectivity index (χ2n) is 10.3. The molecule has 170 valence electrons. The molecule has 0 bridgehead atoms. The Bertz CT molecular complexity index is 1040. The zero-order valence-corrected chi connectivity index (χ0v) is 21.4. The summed E-state index contributed by atoms with van der Waals surface area (Å²) in [5, 5.41) is 2.66. The van der Waals surface area contributed by atoms with E-state index in [1.54, 1.807) is 0 Å². The summed E-state index contributed by atoms with van der Waals surface area (Å²) in [7, 11) is 0.0895. The van der Waals surface area contributed by atoms with Crippen molar-refractivity contribution in [3.8, 4) is 0 Å². The van der Waals surface area contributed by atoms with Gasteiger partial charge in [0.1, 0.15) is 0 Å². The van der Waals surface area contributed by atoms with Crippen molar-refractivity contribution in [1.82, 2.24) is 4.90 Å². The number of nitrogens with zero attached hydrogens (tertiary/aromatic N) is 1. The predicted molar refractivity (Wildman–Crippen MR) is 138 cm³/mol. The number of fused-ring (bicyclic) bond motifs is 1. The largest absolute Gasteiger partial charge is 0.417 e. The first kappa shape index (κ1) is 24.2. The third-order valence-corrected chi connectivity index (χ3v) is 11.4. The maximum Gasteiger partial charge on any atom is 0.253 e. The van der Waals surface area contributed by atoms with Crippen molar-refractivity contribution < 1.29 is 9.22 Å². The van der Waals surface area contributed by atoms with Crippen molar-refractivity contribution in [2.75, 3.05) is 20.2 Å². The molecule has 0 N–H and O–H groups in total. The molecule has 3 aromatic rings. The van der Waals surface area contributed by atoms with Gasteiger partial charge in [-0.2, -0.15) is 0 Å². The molecule has 0 saturated heterocycles. The lowest BCUT2D eigenvalue weighted by Crippen LogP contribution is -2.41. The number of rotatable bonds is 8. The van der Waals surface area contributed by atoms with Crippen LogP contribution < -0.4 is 0 Å². The summed E-state index contributed by atoms with van der Waals surface area (Å²) in [6, 6.07) is 24.6. The highest BCUT2D eigenvalue weighted by atomic mass is 28.4. The van der Waals surface area contributed by atoms with E-state index in [1.807, 2.05) is 42.3 Å². The van der Waals surface area contributed by atoms with Gasteiger partial charge in [0.25, 0.3) is 5.91 Å². The van der Waals surface area contributed by atoms with Gasteiger partial charge in [-0.05, 0) is 53.0 Å². The van der Waals surface area contributed by atoms with Crippen molar-refractivity contribution in [2.45, 2.75) is 51.2 Å². The Kier molecular flexibility index (Phi) is 7.58. The number of benzene rings is 3. The quantitative estimate of drug-likeness (QED) is 0.344. The smallest absolute Gasteiger partial charge is 0.253 e. The summed E-state index contributed by atoms with van der Waals surface area (Å²) >= 11 is 0. The molecular formula is C28H37NO2Si. The zero-order valence-electron chi connectivity index (χ0n) is 20.4. The fourth-order valence-electron chi connectivity index (χ4n) is 3.71. The molecule has 1 unspecified atom stereocenters. The van der Waals surface area contributed by atoms with Crippen LogP contribution in [0.15, 0.2) is 72.8 Å². The van der Waals surface area contributed by atoms with Crippen LogP contribution >= 0.6 is 0 Å². The summed E-state index contributed by atoms with van der Waals surface area (Å²) in [6.07, 6.45) is 0.886. The van der Waals surface area contributed by atoms with E-state index in [-0.39, 0.29) is 16.9 Å². The van der Waals surface area contributed by atoms with E-state index >= 15 is 0 Å². The molecule has 1 amide bonds. The average Bonchev–Trinajstić information content (AvgIpc) is 2.77. The van der Waals surface area contributed by atoms with Gasteiger partial charge in [-0.3, -0.25) is 4.79 Å². The molecule has 0 heterocycles. The Balaban J connectivity index is 1.80. The third-order valence-electron chi connectivity index (χ3n) is 6.84. The number of carbonyl (C=O) groups is 1. The molecule has 0 fully saturated rings. The summed E-state index contributed by atoms with van der Waals surface area (Å²) in [6.45, 7) is 12.8. The Labute approximate surface area is 194 Å². The number of amides is 1. The van der Waals surface area contributed by atoms with E-state index in [4.69, 9.17) is 4.43 Å². The molecule has 3 aromatic carbocycles. The summed E-state index contributed by atoms with van der Waals surface area (Å²) in [5.41, 5.74) is 1.99. The Morgan fingerprint density at radius 1 is 0.938 bits per heavy atom. The lowest BCUT2D eigenvalue weighted by Gasteiger charge is -2.36. The van der Waals surface area contributed by atoms with Gasteiger partial charge in [0.15, 0.2) is 8.32 Å². The van der Waals surface area contributed by atoms with Crippen LogP contribution in [0, 0.1) is 0 Å². The molecule has 0 aromatic heterocycles. The highest BCUT2D eigenvalue weighted by molar-refractivity contribution is 6.74. The molecule has 32 heavy (non-hydrogen) atoms. The lowest BCUT2D eigenvalue weighted by molar-refractivity contribution is 0.0781. The van der Waals surface area contributed by atoms with Crippen molar-refractivity contribution in [1.29, 1.82) is 0 Å². The van der Waals surface area contributed by atoms with E-state index in [0.717, 1.165) is 12.0 Å². The lowest BCUT2D eigenvalue weighted by atomic mass is 9.93. The molecule has 0 saturated carbocycles. The number of likely N-dealkylation sites (N-methyl/N-ethyl adjacent to an activating group) is 1. The van der Waals surface area contributed by atoms with E-state index in [1.165, 1.54) is 16.3 Å². The average molecular weight is 448 g/mol. The minimum Gasteiger partial charge on any atom is -0.417 e. The van der Waals surface area contributed by atoms with Gasteiger partial charge < -0.3 is 9.33 Å². The van der Waals surface area contributed by atoms with Crippen LogP contribution in [0.2, 0.25) is 18.1 Å². The Morgan fingerprint density at radius 2 is 1.56 bits per heavy atom. The fourth-order valence-corrected chi connectivity index (χ4v) is 4.77. The fraction of sp³-hybridized carbons (Fsp3) is 0.393. The molecule has 0 aliphatic rings. The van der Waals surface area contributed by atoms with Gasteiger partial charge in [0.2, 0.25) is 0 Å². The van der Waals surface area contributed by atoms with Crippen LogP contribution in [0.25, 0.3) is 10.8 Å². The van der Waals surface area contributed by atoms with Crippen LogP contribution in [0.3, 0.4) is 0 Å². The Morgan fingerprint density at radius 3 is 2.22 bits per heavy atom. The molecule has 0 aliphatic carbocycles. The molecule has 0 aliphatic heterocycles. The monoisotopic (exact) mass is 447 g/mol. The van der Waals surface area contributed by atoms with Gasteiger partial charge in [-0.25, -0.2) is 0 Å². The van der Waals surface area contributed by atoms with Crippen LogP contribution in [0.1, 0.15) is 49.0 Å². The van der Waals surface area contributed by atoms with Gasteiger partial charge in [-0.1, -0.05) is 81.4 Å². The maximum atomic E-state index is 13.0. The van der Waals surface area contributed by atoms with E-state index in [2.05, 4.69) is 76.3 Å². The second-order valence-corrected chi connectivity index (χ2v) is 15.1. The van der Waals surface area contributed by atoms with Gasteiger partial charge in [-0.15, -0.1) is 0 Å². The summed E-state index contributed by atoms with van der Waals surface area (Å²) in [4.78, 5) is 14.8.